The molecule has 1 saturated heterocycles. The third-order valence-corrected chi connectivity index (χ3v) is 8.71. The van der Waals surface area contributed by atoms with Crippen molar-refractivity contribution in [3.8, 4) is 0 Å². The number of carbonyl (C=O) groups excluding carboxylic acids is 2. The van der Waals surface area contributed by atoms with Crippen LogP contribution in [0.15, 0.2) is 35.2 Å². The van der Waals surface area contributed by atoms with Crippen molar-refractivity contribution in [3.05, 3.63) is 58.7 Å². The zero-order chi connectivity index (χ0) is 24.3. The number of benzene rings is 2. The molecule has 1 amide bonds. The lowest BCUT2D eigenvalue weighted by atomic mass is 9.64. The maximum absolute atomic E-state index is 14.2. The average molecular weight is 490 g/mol. The number of amides is 1. The monoisotopic (exact) mass is 489 g/mol. The smallest absolute Gasteiger partial charge is 0.264 e. The second kappa shape index (κ2) is 8.13. The van der Waals surface area contributed by atoms with E-state index in [1.165, 1.54) is 6.07 Å². The third-order valence-electron chi connectivity index (χ3n) is 7.30. The van der Waals surface area contributed by atoms with E-state index >= 15 is 0 Å². The van der Waals surface area contributed by atoms with Crippen LogP contribution >= 0.6 is 0 Å². The van der Waals surface area contributed by atoms with Gasteiger partial charge in [-0.1, -0.05) is 6.42 Å². The van der Waals surface area contributed by atoms with E-state index < -0.39 is 32.0 Å². The predicted octanol–water partition coefficient (Wildman–Crippen LogP) is 2.70. The number of Topliss-reactive ketones (excluding diaryl/α,β-unsaturated/α-hetero) is 1. The van der Waals surface area contributed by atoms with E-state index in [1.54, 1.807) is 11.0 Å². The van der Waals surface area contributed by atoms with Crippen molar-refractivity contribution in [3.63, 3.8) is 0 Å². The number of sulfonamides is 1. The van der Waals surface area contributed by atoms with Crippen LogP contribution in [-0.2, 0) is 26.7 Å². The summed E-state index contributed by atoms with van der Waals surface area (Å²) < 4.78 is 55.7. The molecule has 0 aromatic heterocycles. The van der Waals surface area contributed by atoms with Crippen molar-refractivity contribution in [2.75, 3.05) is 37.9 Å². The summed E-state index contributed by atoms with van der Waals surface area (Å²) in [6.07, 6.45) is 2.33. The Morgan fingerprint density at radius 1 is 1.06 bits per heavy atom. The highest BCUT2D eigenvalue weighted by atomic mass is 32.2. The highest BCUT2D eigenvalue weighted by Gasteiger charge is 2.51. The summed E-state index contributed by atoms with van der Waals surface area (Å²) in [6.45, 7) is 2.49. The van der Waals surface area contributed by atoms with Gasteiger partial charge in [0.15, 0.2) is 0 Å². The molecule has 2 fully saturated rings. The molecule has 10 heteroatoms. The molecule has 7 nitrogen and oxygen atoms in total. The molecular formula is C24H25F2N3O4S. The maximum atomic E-state index is 14.2. The van der Waals surface area contributed by atoms with Gasteiger partial charge in [-0.05, 0) is 55.3 Å². The van der Waals surface area contributed by atoms with Crippen molar-refractivity contribution >= 4 is 27.4 Å². The molecule has 0 atom stereocenters. The first-order chi connectivity index (χ1) is 16.1. The average Bonchev–Trinajstić information content (AvgIpc) is 3.04. The van der Waals surface area contributed by atoms with Gasteiger partial charge in [-0.2, -0.15) is 0 Å². The number of rotatable bonds is 4. The number of hydrogen-bond acceptors (Lipinski definition) is 5. The quantitative estimate of drug-likeness (QED) is 0.714. The van der Waals surface area contributed by atoms with E-state index in [4.69, 9.17) is 0 Å². The van der Waals surface area contributed by atoms with E-state index in [0.717, 1.165) is 18.6 Å². The molecule has 1 spiro atoms. The number of likely N-dealkylation sites (N-methyl/N-ethyl adjacent to an activating group) is 1. The minimum atomic E-state index is -4.40. The lowest BCUT2D eigenvalue weighted by Gasteiger charge is -2.38. The first-order valence-corrected chi connectivity index (χ1v) is 12.8. The summed E-state index contributed by atoms with van der Waals surface area (Å²) >= 11 is 0. The summed E-state index contributed by atoms with van der Waals surface area (Å²) in [4.78, 5) is 29.6. The fourth-order valence-electron chi connectivity index (χ4n) is 5.18. The van der Waals surface area contributed by atoms with Crippen LogP contribution in [-0.4, -0.2) is 63.1 Å². The number of halogens is 2. The largest absolute Gasteiger partial charge is 0.336 e. The Kier molecular flexibility index (Phi) is 5.48. The van der Waals surface area contributed by atoms with Crippen LogP contribution in [0.5, 0.6) is 0 Å². The molecule has 1 heterocycles. The van der Waals surface area contributed by atoms with Gasteiger partial charge >= 0.3 is 0 Å². The first-order valence-electron chi connectivity index (χ1n) is 11.3. The van der Waals surface area contributed by atoms with Crippen LogP contribution in [0.1, 0.15) is 40.7 Å². The minimum absolute atomic E-state index is 0.0470. The van der Waals surface area contributed by atoms with Gasteiger partial charge in [-0.25, -0.2) is 17.2 Å². The Morgan fingerprint density at radius 3 is 2.38 bits per heavy atom. The van der Waals surface area contributed by atoms with Crippen LogP contribution in [0.3, 0.4) is 0 Å². The van der Waals surface area contributed by atoms with Gasteiger partial charge in [-0.3, -0.25) is 14.3 Å². The molecule has 1 aliphatic heterocycles. The number of anilines is 1. The van der Waals surface area contributed by atoms with Gasteiger partial charge < -0.3 is 9.80 Å². The Bertz CT molecular complexity index is 1300. The molecule has 0 bridgehead atoms. The van der Waals surface area contributed by atoms with Crippen LogP contribution in [0, 0.1) is 11.6 Å². The second-order valence-corrected chi connectivity index (χ2v) is 11.0. The molecule has 0 radical (unpaired) electrons. The molecule has 5 rings (SSSR count). The van der Waals surface area contributed by atoms with Crippen molar-refractivity contribution < 1.29 is 26.8 Å². The Balaban J connectivity index is 1.57. The SMILES string of the molecule is CN1CCN(C(=O)c2cc(NS(=O)(=O)c3ccc(F)cc3F)cc3c2CC(=O)C32CCC2)CC1. The normalized spacial score (nSPS) is 19.7. The molecule has 2 aromatic carbocycles. The van der Waals surface area contributed by atoms with E-state index in [0.29, 0.717) is 61.8 Å². The van der Waals surface area contributed by atoms with Crippen molar-refractivity contribution in [1.82, 2.24) is 9.80 Å². The highest BCUT2D eigenvalue weighted by Crippen LogP contribution is 2.52. The number of carbonyl (C=O) groups is 2. The summed E-state index contributed by atoms with van der Waals surface area (Å²) in [6, 6.07) is 5.25. The number of nitrogens with one attached hydrogen (secondary N) is 1. The van der Waals surface area contributed by atoms with Gasteiger partial charge in [0.2, 0.25) is 0 Å². The van der Waals surface area contributed by atoms with Crippen molar-refractivity contribution in [2.45, 2.75) is 36.0 Å². The first kappa shape index (κ1) is 22.9. The molecule has 34 heavy (non-hydrogen) atoms. The van der Waals surface area contributed by atoms with Crippen LogP contribution in [0.4, 0.5) is 14.5 Å². The summed E-state index contributed by atoms with van der Waals surface area (Å²) in [5.74, 6) is -2.30. The fourth-order valence-corrected chi connectivity index (χ4v) is 6.28. The number of piperazine rings is 1. The number of ketones is 1. The topological polar surface area (TPSA) is 86.8 Å². The molecule has 2 aromatic rings. The lowest BCUT2D eigenvalue weighted by molar-refractivity contribution is -0.125. The number of nitrogens with zero attached hydrogens (tertiary/aromatic N) is 2. The van der Waals surface area contributed by atoms with Crippen LogP contribution in [0.25, 0.3) is 0 Å². The van der Waals surface area contributed by atoms with Crippen molar-refractivity contribution in [1.29, 1.82) is 0 Å². The van der Waals surface area contributed by atoms with Gasteiger partial charge in [0.1, 0.15) is 22.3 Å². The molecule has 0 unspecified atom stereocenters. The molecule has 1 N–H and O–H groups in total. The zero-order valence-corrected chi connectivity index (χ0v) is 19.6. The van der Waals surface area contributed by atoms with Crippen LogP contribution in [0.2, 0.25) is 0 Å². The minimum Gasteiger partial charge on any atom is -0.336 e. The number of hydrogen-bond donors (Lipinski definition) is 1. The Morgan fingerprint density at radius 2 is 1.76 bits per heavy atom. The highest BCUT2D eigenvalue weighted by molar-refractivity contribution is 7.92. The second-order valence-electron chi connectivity index (χ2n) is 9.36. The number of fused-ring (bicyclic) bond motifs is 2. The Hall–Kier alpha value is -2.85. The fraction of sp³-hybridized carbons (Fsp3) is 0.417. The van der Waals surface area contributed by atoms with Gasteiger partial charge in [0, 0.05) is 49.9 Å². The maximum Gasteiger partial charge on any atom is 0.264 e. The predicted molar refractivity (Wildman–Crippen MR) is 121 cm³/mol. The van der Waals surface area contributed by atoms with E-state index in [-0.39, 0.29) is 23.8 Å². The summed E-state index contributed by atoms with van der Waals surface area (Å²) in [7, 11) is -2.43. The summed E-state index contributed by atoms with van der Waals surface area (Å²) in [5.41, 5.74) is 1.04. The van der Waals surface area contributed by atoms with Crippen molar-refractivity contribution in [2.24, 2.45) is 0 Å². The van der Waals surface area contributed by atoms with Gasteiger partial charge in [0.05, 0.1) is 5.41 Å². The zero-order valence-electron chi connectivity index (χ0n) is 18.7. The van der Waals surface area contributed by atoms with Crippen LogP contribution < -0.4 is 4.72 Å². The molecule has 180 valence electrons. The molecule has 3 aliphatic rings. The Labute approximate surface area is 196 Å². The van der Waals surface area contributed by atoms with E-state index in [9.17, 15) is 26.8 Å². The summed E-state index contributed by atoms with van der Waals surface area (Å²) in [5, 5.41) is 0. The molecular weight excluding hydrogens is 464 g/mol. The molecule has 1 saturated carbocycles. The van der Waals surface area contributed by atoms with Gasteiger partial charge in [0.25, 0.3) is 15.9 Å². The standard InChI is InChI=1S/C24H25F2N3O4S/c1-28-7-9-29(10-8-28)23(31)18-12-16(13-19-17(18)14-22(30)24(19)5-2-6-24)27-34(32,33)21-4-3-15(25)11-20(21)26/h3-4,11-13,27H,2,5-10,14H2,1H3. The third kappa shape index (κ3) is 3.69. The molecule has 2 aliphatic carbocycles. The van der Waals surface area contributed by atoms with Gasteiger partial charge in [-0.15, -0.1) is 0 Å². The lowest BCUT2D eigenvalue weighted by Crippen LogP contribution is -2.47. The van der Waals surface area contributed by atoms with E-state index in [1.807, 2.05) is 7.05 Å². The van der Waals surface area contributed by atoms with E-state index in [2.05, 4.69) is 9.62 Å².